The fourth-order valence-electron chi connectivity index (χ4n) is 0.157. The second kappa shape index (κ2) is 2.84. The van der Waals surface area contributed by atoms with Crippen molar-refractivity contribution in [1.82, 2.24) is 0 Å². The number of rotatable bonds is 2. The Morgan fingerprint density at radius 1 is 2.00 bits per heavy atom. The smallest absolute Gasteiger partial charge is 0.293 e. The van der Waals surface area contributed by atoms with E-state index in [0.29, 0.717) is 6.20 Å². The van der Waals surface area contributed by atoms with E-state index in [1.54, 1.807) is 0 Å². The van der Waals surface area contributed by atoms with Gasteiger partial charge < -0.3 is 10.5 Å². The van der Waals surface area contributed by atoms with Crippen LogP contribution in [0.3, 0.4) is 0 Å². The number of nitrogens with two attached hydrogens (primary N) is 1. The van der Waals surface area contributed by atoms with Gasteiger partial charge in [-0.2, -0.15) is 0 Å². The Bertz CT molecular complexity index is 120. The van der Waals surface area contributed by atoms with Gasteiger partial charge in [0.2, 0.25) is 0 Å². The van der Waals surface area contributed by atoms with E-state index in [1.807, 2.05) is 0 Å². The summed E-state index contributed by atoms with van der Waals surface area (Å²) in [5, 5.41) is 9.54. The quantitative estimate of drug-likeness (QED) is 0.306. The summed E-state index contributed by atoms with van der Waals surface area (Å²) in [7, 11) is 1.26. The Morgan fingerprint density at radius 3 is 2.62 bits per heavy atom. The van der Waals surface area contributed by atoms with Crippen molar-refractivity contribution < 1.29 is 9.66 Å². The van der Waals surface area contributed by atoms with Crippen LogP contribution in [-0.4, -0.2) is 12.0 Å². The first-order chi connectivity index (χ1) is 3.66. The van der Waals surface area contributed by atoms with Crippen LogP contribution in [0.15, 0.2) is 12.1 Å². The molecule has 0 radical (unpaired) electrons. The molecule has 0 unspecified atom stereocenters. The standard InChI is InChI=1S/C3H6N2O3/c1-8-3(4)2-5(6)7/h2H,4H2,1H3. The first kappa shape index (κ1) is 6.74. The summed E-state index contributed by atoms with van der Waals surface area (Å²) >= 11 is 0. The van der Waals surface area contributed by atoms with E-state index >= 15 is 0 Å². The van der Waals surface area contributed by atoms with Crippen molar-refractivity contribution >= 4 is 0 Å². The third-order valence-electron chi connectivity index (χ3n) is 0.468. The summed E-state index contributed by atoms with van der Waals surface area (Å²) in [6.07, 6.45) is 0.583. The highest BCUT2D eigenvalue weighted by Gasteiger charge is 1.91. The van der Waals surface area contributed by atoms with E-state index in [4.69, 9.17) is 5.73 Å². The number of ether oxygens (including phenoxy) is 1. The van der Waals surface area contributed by atoms with Gasteiger partial charge >= 0.3 is 0 Å². The Kier molecular flexibility index (Phi) is 2.39. The average molecular weight is 118 g/mol. The van der Waals surface area contributed by atoms with Gasteiger partial charge in [-0.25, -0.2) is 0 Å². The maximum absolute atomic E-state index is 9.54. The Balaban J connectivity index is 3.75. The first-order valence-electron chi connectivity index (χ1n) is 1.81. The molecule has 8 heavy (non-hydrogen) atoms. The Labute approximate surface area is 45.9 Å². The average Bonchev–Trinajstić information content (AvgIpc) is 1.65. The lowest BCUT2D eigenvalue weighted by Crippen LogP contribution is -2.01. The van der Waals surface area contributed by atoms with Gasteiger partial charge in [0.25, 0.3) is 12.1 Å². The second-order valence-electron chi connectivity index (χ2n) is 1.02. The molecular weight excluding hydrogens is 112 g/mol. The van der Waals surface area contributed by atoms with Crippen molar-refractivity contribution in [2.75, 3.05) is 7.11 Å². The SMILES string of the molecule is COC(N)=C[N+](=O)[O-]. The van der Waals surface area contributed by atoms with E-state index < -0.39 is 4.92 Å². The molecule has 0 saturated heterocycles. The number of nitro groups is 1. The lowest BCUT2D eigenvalue weighted by Gasteiger charge is -1.90. The molecule has 46 valence electrons. The van der Waals surface area contributed by atoms with Crippen molar-refractivity contribution in [2.24, 2.45) is 5.73 Å². The van der Waals surface area contributed by atoms with Crippen molar-refractivity contribution in [2.45, 2.75) is 0 Å². The Morgan fingerprint density at radius 2 is 2.50 bits per heavy atom. The molecular formula is C3H6N2O3. The fraction of sp³-hybridized carbons (Fsp3) is 0.333. The van der Waals surface area contributed by atoms with Gasteiger partial charge in [-0.3, -0.25) is 10.1 Å². The van der Waals surface area contributed by atoms with Crippen LogP contribution in [-0.2, 0) is 4.74 Å². The van der Waals surface area contributed by atoms with Crippen LogP contribution in [0.4, 0.5) is 0 Å². The van der Waals surface area contributed by atoms with Crippen LogP contribution in [0, 0.1) is 10.1 Å². The van der Waals surface area contributed by atoms with Crippen LogP contribution in [0.5, 0.6) is 0 Å². The van der Waals surface area contributed by atoms with Crippen molar-refractivity contribution in [1.29, 1.82) is 0 Å². The first-order valence-corrected chi connectivity index (χ1v) is 1.81. The molecule has 0 amide bonds. The van der Waals surface area contributed by atoms with Crippen molar-refractivity contribution in [3.8, 4) is 0 Å². The minimum Gasteiger partial charge on any atom is -0.478 e. The van der Waals surface area contributed by atoms with Gasteiger partial charge in [0.05, 0.1) is 12.0 Å². The normalized spacial score (nSPS) is 10.9. The highest BCUT2D eigenvalue weighted by Crippen LogP contribution is 1.81. The van der Waals surface area contributed by atoms with Gasteiger partial charge in [-0.1, -0.05) is 0 Å². The van der Waals surface area contributed by atoms with Crippen LogP contribution < -0.4 is 5.73 Å². The molecule has 0 fully saturated rings. The number of methoxy groups -OCH3 is 1. The van der Waals surface area contributed by atoms with Gasteiger partial charge in [0.1, 0.15) is 0 Å². The molecule has 0 heterocycles. The minimum atomic E-state index is -0.682. The molecule has 0 rings (SSSR count). The topological polar surface area (TPSA) is 78.4 Å². The molecule has 0 aliphatic heterocycles. The third kappa shape index (κ3) is 2.95. The fourth-order valence-corrected chi connectivity index (χ4v) is 0.157. The van der Waals surface area contributed by atoms with E-state index in [9.17, 15) is 10.1 Å². The number of hydrogen-bond acceptors (Lipinski definition) is 4. The van der Waals surface area contributed by atoms with Crippen molar-refractivity contribution in [3.63, 3.8) is 0 Å². The van der Waals surface area contributed by atoms with E-state index in [-0.39, 0.29) is 5.88 Å². The van der Waals surface area contributed by atoms with Gasteiger partial charge in [0.15, 0.2) is 0 Å². The van der Waals surface area contributed by atoms with Crippen molar-refractivity contribution in [3.05, 3.63) is 22.2 Å². The largest absolute Gasteiger partial charge is 0.478 e. The van der Waals surface area contributed by atoms with E-state index in [2.05, 4.69) is 4.74 Å². The maximum atomic E-state index is 9.54. The molecule has 0 aromatic heterocycles. The lowest BCUT2D eigenvalue weighted by molar-refractivity contribution is -0.405. The van der Waals surface area contributed by atoms with E-state index in [0.717, 1.165) is 0 Å². The highest BCUT2D eigenvalue weighted by atomic mass is 16.6. The molecule has 0 saturated carbocycles. The molecule has 0 bridgehead atoms. The molecule has 2 N–H and O–H groups in total. The zero-order chi connectivity index (χ0) is 6.57. The predicted octanol–water partition coefficient (Wildman–Crippen LogP) is -0.333. The molecule has 0 aliphatic rings. The predicted molar refractivity (Wildman–Crippen MR) is 26.3 cm³/mol. The third-order valence-corrected chi connectivity index (χ3v) is 0.468. The summed E-state index contributed by atoms with van der Waals surface area (Å²) in [4.78, 5) is 8.86. The summed E-state index contributed by atoms with van der Waals surface area (Å²) in [6.45, 7) is 0. The van der Waals surface area contributed by atoms with Gasteiger partial charge in [-0.15, -0.1) is 0 Å². The zero-order valence-corrected chi connectivity index (χ0v) is 4.33. The monoisotopic (exact) mass is 118 g/mol. The number of nitrogens with zero attached hydrogens (tertiary/aromatic N) is 1. The van der Waals surface area contributed by atoms with Crippen LogP contribution in [0.1, 0.15) is 0 Å². The summed E-state index contributed by atoms with van der Waals surface area (Å²) in [6, 6.07) is 0. The molecule has 0 spiro atoms. The van der Waals surface area contributed by atoms with Gasteiger partial charge in [-0.05, 0) is 0 Å². The second-order valence-corrected chi connectivity index (χ2v) is 1.02. The molecule has 0 aliphatic carbocycles. The zero-order valence-electron chi connectivity index (χ0n) is 4.33. The summed E-state index contributed by atoms with van der Waals surface area (Å²) in [5.74, 6) is -0.199. The van der Waals surface area contributed by atoms with Crippen LogP contribution >= 0.6 is 0 Å². The molecule has 0 aromatic carbocycles. The molecule has 5 heteroatoms. The summed E-state index contributed by atoms with van der Waals surface area (Å²) in [5.41, 5.74) is 4.87. The number of hydrogen-bond donors (Lipinski definition) is 1. The van der Waals surface area contributed by atoms with Crippen LogP contribution in [0.2, 0.25) is 0 Å². The maximum Gasteiger partial charge on any atom is 0.293 e. The van der Waals surface area contributed by atoms with E-state index in [1.165, 1.54) is 7.11 Å². The highest BCUT2D eigenvalue weighted by molar-refractivity contribution is 4.76. The van der Waals surface area contributed by atoms with Gasteiger partial charge in [0, 0.05) is 0 Å². The molecule has 5 nitrogen and oxygen atoms in total. The molecule has 0 aromatic rings. The molecule has 0 atom stereocenters. The van der Waals surface area contributed by atoms with Crippen LogP contribution in [0.25, 0.3) is 0 Å². The summed E-state index contributed by atoms with van der Waals surface area (Å²) < 4.78 is 4.26. The minimum absolute atomic E-state index is 0.199. The Hall–Kier alpha value is -1.26. The lowest BCUT2D eigenvalue weighted by atomic mass is 10.8.